The van der Waals surface area contributed by atoms with Crippen LogP contribution >= 0.6 is 11.6 Å². The minimum atomic E-state index is -0.748. The fourth-order valence-corrected chi connectivity index (χ4v) is 3.88. The van der Waals surface area contributed by atoms with Crippen LogP contribution in [0.1, 0.15) is 18.9 Å². The zero-order valence-corrected chi connectivity index (χ0v) is 17.3. The molecule has 2 aromatic rings. The van der Waals surface area contributed by atoms with E-state index in [4.69, 9.17) is 32.0 Å². The third kappa shape index (κ3) is 4.49. The van der Waals surface area contributed by atoms with Gasteiger partial charge in [-0.15, -0.1) is 0 Å². The van der Waals surface area contributed by atoms with E-state index in [9.17, 15) is 5.11 Å². The van der Waals surface area contributed by atoms with E-state index >= 15 is 0 Å². The van der Waals surface area contributed by atoms with Crippen molar-refractivity contribution < 1.29 is 9.84 Å². The lowest BCUT2D eigenvalue weighted by Gasteiger charge is -2.29. The zero-order chi connectivity index (χ0) is 20.4. The quantitative estimate of drug-likeness (QED) is 0.679. The molecule has 4 rings (SSSR count). The standard InChI is InChI=1S/C20H27ClN6O2/c1-20(28)6-7-27(13-20)18-16(22)17(23-12-14-4-2-3-5-15(14)21)24-19(25-18)26-8-10-29-11-9-26/h2-5,28H,6-13,22H2,1H3,(H,23,24,25)/t20-/m0/s1. The van der Waals surface area contributed by atoms with E-state index in [2.05, 4.69) is 10.2 Å². The molecule has 0 amide bonds. The van der Waals surface area contributed by atoms with Gasteiger partial charge in [0.15, 0.2) is 11.6 Å². The lowest BCUT2D eigenvalue weighted by atomic mass is 10.1. The first-order valence-electron chi connectivity index (χ1n) is 9.88. The fourth-order valence-electron chi connectivity index (χ4n) is 3.67. The summed E-state index contributed by atoms with van der Waals surface area (Å²) in [5, 5.41) is 14.4. The number of β-amino-alcohol motifs (C(OH)–C–C–N with tert-alkyl or cyclic N) is 1. The maximum absolute atomic E-state index is 10.4. The number of nitrogen functional groups attached to an aromatic ring is 1. The molecule has 0 bridgehead atoms. The molecular formula is C20H27ClN6O2. The molecule has 0 radical (unpaired) electrons. The van der Waals surface area contributed by atoms with Gasteiger partial charge >= 0.3 is 0 Å². The number of aliphatic hydroxyl groups is 1. The SMILES string of the molecule is C[C@]1(O)CCN(c2nc(N3CCOCC3)nc(NCc3ccccc3Cl)c2N)C1. The molecule has 3 heterocycles. The molecular weight excluding hydrogens is 392 g/mol. The van der Waals surface area contributed by atoms with Gasteiger partial charge in [-0.1, -0.05) is 29.8 Å². The van der Waals surface area contributed by atoms with E-state index in [1.807, 2.05) is 36.1 Å². The smallest absolute Gasteiger partial charge is 0.229 e. The van der Waals surface area contributed by atoms with E-state index in [-0.39, 0.29) is 0 Å². The molecule has 29 heavy (non-hydrogen) atoms. The Morgan fingerprint density at radius 1 is 1.21 bits per heavy atom. The molecule has 0 saturated carbocycles. The van der Waals surface area contributed by atoms with E-state index < -0.39 is 5.60 Å². The van der Waals surface area contributed by atoms with Crippen LogP contribution < -0.4 is 20.9 Å². The molecule has 0 spiro atoms. The van der Waals surface area contributed by atoms with Gasteiger partial charge < -0.3 is 30.7 Å². The summed E-state index contributed by atoms with van der Waals surface area (Å²) in [7, 11) is 0. The molecule has 2 aliphatic rings. The maximum Gasteiger partial charge on any atom is 0.229 e. The largest absolute Gasteiger partial charge is 0.393 e. The number of benzene rings is 1. The number of rotatable bonds is 5. The van der Waals surface area contributed by atoms with Crippen LogP contribution in [0.25, 0.3) is 0 Å². The Balaban J connectivity index is 1.65. The number of nitrogens with two attached hydrogens (primary N) is 1. The van der Waals surface area contributed by atoms with Gasteiger partial charge in [0.05, 0.1) is 18.8 Å². The number of hydrogen-bond acceptors (Lipinski definition) is 8. The van der Waals surface area contributed by atoms with Crippen molar-refractivity contribution in [3.63, 3.8) is 0 Å². The van der Waals surface area contributed by atoms with Gasteiger partial charge in [-0.25, -0.2) is 0 Å². The van der Waals surface area contributed by atoms with Gasteiger partial charge in [0.1, 0.15) is 5.69 Å². The van der Waals surface area contributed by atoms with E-state index in [0.717, 1.165) is 18.7 Å². The Kier molecular flexibility index (Phi) is 5.67. The predicted octanol–water partition coefficient (Wildman–Crippen LogP) is 2.12. The van der Waals surface area contributed by atoms with Gasteiger partial charge in [-0.05, 0) is 25.0 Å². The number of aromatic nitrogens is 2. The minimum Gasteiger partial charge on any atom is -0.393 e. The first-order chi connectivity index (χ1) is 13.9. The fraction of sp³-hybridized carbons (Fsp3) is 0.500. The van der Waals surface area contributed by atoms with Gasteiger partial charge in [-0.3, -0.25) is 0 Å². The van der Waals surface area contributed by atoms with Crippen molar-refractivity contribution in [2.24, 2.45) is 0 Å². The summed E-state index contributed by atoms with van der Waals surface area (Å²) in [5.74, 6) is 1.84. The summed E-state index contributed by atoms with van der Waals surface area (Å²) in [6.07, 6.45) is 0.672. The van der Waals surface area contributed by atoms with Crippen LogP contribution in [-0.4, -0.2) is 60.1 Å². The molecule has 1 atom stereocenters. The Morgan fingerprint density at radius 2 is 1.97 bits per heavy atom. The number of ether oxygens (including phenoxy) is 1. The Labute approximate surface area is 175 Å². The zero-order valence-electron chi connectivity index (χ0n) is 16.6. The van der Waals surface area contributed by atoms with Crippen molar-refractivity contribution >= 4 is 34.9 Å². The summed E-state index contributed by atoms with van der Waals surface area (Å²) in [6, 6.07) is 7.68. The number of morpholine rings is 1. The average molecular weight is 419 g/mol. The van der Waals surface area contributed by atoms with Crippen LogP contribution in [0.3, 0.4) is 0 Å². The summed E-state index contributed by atoms with van der Waals surface area (Å²) < 4.78 is 5.46. The molecule has 4 N–H and O–H groups in total. The number of nitrogens with one attached hydrogen (secondary N) is 1. The van der Waals surface area contributed by atoms with Crippen LogP contribution in [0.4, 0.5) is 23.3 Å². The van der Waals surface area contributed by atoms with Crippen molar-refractivity contribution in [3.8, 4) is 0 Å². The first kappa shape index (κ1) is 20.0. The molecule has 2 saturated heterocycles. The second-order valence-electron chi connectivity index (χ2n) is 7.82. The molecule has 2 fully saturated rings. The average Bonchev–Trinajstić information content (AvgIpc) is 3.08. The van der Waals surface area contributed by atoms with Gasteiger partial charge in [-0.2, -0.15) is 9.97 Å². The highest BCUT2D eigenvalue weighted by Crippen LogP contribution is 2.34. The normalized spacial score (nSPS) is 22.2. The molecule has 1 aromatic carbocycles. The van der Waals surface area contributed by atoms with Crippen LogP contribution in [0, 0.1) is 0 Å². The van der Waals surface area contributed by atoms with Crippen LogP contribution in [0.5, 0.6) is 0 Å². The number of anilines is 4. The first-order valence-corrected chi connectivity index (χ1v) is 10.3. The maximum atomic E-state index is 10.4. The van der Waals surface area contributed by atoms with Crippen molar-refractivity contribution in [2.45, 2.75) is 25.5 Å². The van der Waals surface area contributed by atoms with Gasteiger partial charge in [0.2, 0.25) is 5.95 Å². The summed E-state index contributed by atoms with van der Waals surface area (Å²) in [4.78, 5) is 13.6. The number of hydrogen-bond donors (Lipinski definition) is 3. The summed E-state index contributed by atoms with van der Waals surface area (Å²) in [6.45, 7) is 6.26. The van der Waals surface area contributed by atoms with Crippen LogP contribution in [0.15, 0.2) is 24.3 Å². The van der Waals surface area contributed by atoms with Gasteiger partial charge in [0.25, 0.3) is 0 Å². The summed E-state index contributed by atoms with van der Waals surface area (Å²) in [5.41, 5.74) is 7.16. The molecule has 0 aliphatic carbocycles. The highest BCUT2D eigenvalue weighted by Gasteiger charge is 2.34. The molecule has 8 nitrogen and oxygen atoms in total. The molecule has 0 unspecified atom stereocenters. The minimum absolute atomic E-state index is 0.478. The molecule has 2 aliphatic heterocycles. The van der Waals surface area contributed by atoms with Gasteiger partial charge in [0, 0.05) is 37.7 Å². The second-order valence-corrected chi connectivity index (χ2v) is 8.23. The Hall–Kier alpha value is -2.29. The van der Waals surface area contributed by atoms with Crippen molar-refractivity contribution in [1.29, 1.82) is 0 Å². The predicted molar refractivity (Wildman–Crippen MR) is 116 cm³/mol. The highest BCUT2D eigenvalue weighted by atomic mass is 35.5. The van der Waals surface area contributed by atoms with E-state index in [0.29, 0.717) is 67.6 Å². The van der Waals surface area contributed by atoms with E-state index in [1.165, 1.54) is 0 Å². The monoisotopic (exact) mass is 418 g/mol. The second kappa shape index (κ2) is 8.22. The lowest BCUT2D eigenvalue weighted by Crippen LogP contribution is -2.38. The Morgan fingerprint density at radius 3 is 2.66 bits per heavy atom. The van der Waals surface area contributed by atoms with Crippen LogP contribution in [0.2, 0.25) is 5.02 Å². The van der Waals surface area contributed by atoms with Crippen molar-refractivity contribution in [1.82, 2.24) is 9.97 Å². The molecule has 156 valence electrons. The molecule has 1 aromatic heterocycles. The molecule has 9 heteroatoms. The number of nitrogens with zero attached hydrogens (tertiary/aromatic N) is 4. The number of halogens is 1. The Bertz CT molecular complexity index is 872. The summed E-state index contributed by atoms with van der Waals surface area (Å²) >= 11 is 6.29. The van der Waals surface area contributed by atoms with E-state index in [1.54, 1.807) is 0 Å². The van der Waals surface area contributed by atoms with Crippen LogP contribution in [-0.2, 0) is 11.3 Å². The lowest BCUT2D eigenvalue weighted by molar-refractivity contribution is 0.0839. The van der Waals surface area contributed by atoms with Crippen molar-refractivity contribution in [2.75, 3.05) is 60.2 Å². The van der Waals surface area contributed by atoms with Crippen molar-refractivity contribution in [3.05, 3.63) is 34.9 Å². The third-order valence-corrected chi connectivity index (χ3v) is 5.73. The highest BCUT2D eigenvalue weighted by molar-refractivity contribution is 6.31. The topological polar surface area (TPSA) is 99.8 Å². The third-order valence-electron chi connectivity index (χ3n) is 5.36.